The van der Waals surface area contributed by atoms with E-state index in [9.17, 15) is 0 Å². The summed E-state index contributed by atoms with van der Waals surface area (Å²) in [7, 11) is 0. The third-order valence-corrected chi connectivity index (χ3v) is 4.10. The summed E-state index contributed by atoms with van der Waals surface area (Å²) in [5, 5.41) is 3.55. The van der Waals surface area contributed by atoms with E-state index >= 15 is 0 Å². The number of hydrogen-bond acceptors (Lipinski definition) is 1. The number of rotatable bonds is 3. The average Bonchev–Trinajstić information content (AvgIpc) is 2.31. The summed E-state index contributed by atoms with van der Waals surface area (Å²) in [4.78, 5) is 0. The second-order valence-corrected chi connectivity index (χ2v) is 5.31. The van der Waals surface area contributed by atoms with Crippen LogP contribution >= 0.6 is 0 Å². The zero-order valence-electron chi connectivity index (χ0n) is 9.05. The third kappa shape index (κ3) is 2.25. The maximum absolute atomic E-state index is 3.55. The van der Waals surface area contributed by atoms with Crippen LogP contribution in [0.2, 0.25) is 0 Å². The fourth-order valence-corrected chi connectivity index (χ4v) is 2.94. The zero-order chi connectivity index (χ0) is 9.26. The van der Waals surface area contributed by atoms with Crippen molar-refractivity contribution in [3.8, 4) is 0 Å². The van der Waals surface area contributed by atoms with Crippen LogP contribution in [0.5, 0.6) is 0 Å². The maximum atomic E-state index is 3.55. The maximum Gasteiger partial charge on any atom is 0.00419 e. The second-order valence-electron chi connectivity index (χ2n) is 5.31. The smallest absolute Gasteiger partial charge is 0.00419 e. The van der Waals surface area contributed by atoms with E-state index < -0.39 is 0 Å². The van der Waals surface area contributed by atoms with E-state index in [0.29, 0.717) is 0 Å². The summed E-state index contributed by atoms with van der Waals surface area (Å²) < 4.78 is 0. The van der Waals surface area contributed by atoms with Crippen molar-refractivity contribution in [3.63, 3.8) is 0 Å². The van der Waals surface area contributed by atoms with Crippen molar-refractivity contribution < 1.29 is 0 Å². The van der Waals surface area contributed by atoms with Gasteiger partial charge < -0.3 is 5.32 Å². The third-order valence-electron chi connectivity index (χ3n) is 4.10. The van der Waals surface area contributed by atoms with Crippen molar-refractivity contribution in [2.75, 3.05) is 6.54 Å². The Morgan fingerprint density at radius 2 is 2.15 bits per heavy atom. The summed E-state index contributed by atoms with van der Waals surface area (Å²) in [5.41, 5.74) is 0. The molecule has 1 saturated carbocycles. The van der Waals surface area contributed by atoms with E-state index in [1.807, 2.05) is 0 Å². The lowest BCUT2D eigenvalue weighted by atomic mass is 9.73. The van der Waals surface area contributed by atoms with Gasteiger partial charge in [0.25, 0.3) is 0 Å². The van der Waals surface area contributed by atoms with Gasteiger partial charge in [0, 0.05) is 6.04 Å². The molecule has 1 nitrogen and oxygen atoms in total. The highest BCUT2D eigenvalue weighted by Gasteiger charge is 2.28. The Morgan fingerprint density at radius 3 is 2.62 bits per heavy atom. The molecule has 0 amide bonds. The fourth-order valence-electron chi connectivity index (χ4n) is 2.94. The van der Waals surface area contributed by atoms with Crippen molar-refractivity contribution in [2.24, 2.45) is 17.8 Å². The van der Waals surface area contributed by atoms with Crippen molar-refractivity contribution in [1.29, 1.82) is 0 Å². The highest BCUT2D eigenvalue weighted by atomic mass is 14.9. The van der Waals surface area contributed by atoms with Gasteiger partial charge in [-0.1, -0.05) is 26.2 Å². The van der Waals surface area contributed by atoms with Gasteiger partial charge in [0.2, 0.25) is 0 Å². The molecule has 2 rings (SSSR count). The Labute approximate surface area is 82.3 Å². The molecule has 0 radical (unpaired) electrons. The lowest BCUT2D eigenvalue weighted by Crippen LogP contribution is -2.22. The topological polar surface area (TPSA) is 12.0 Å². The Hall–Kier alpha value is -0.0400. The first-order valence-corrected chi connectivity index (χ1v) is 5.99. The first-order chi connectivity index (χ1) is 6.25. The van der Waals surface area contributed by atoms with Crippen molar-refractivity contribution in [2.45, 2.75) is 52.0 Å². The normalized spacial score (nSPS) is 37.4. The Balaban J connectivity index is 1.71. The van der Waals surface area contributed by atoms with Gasteiger partial charge in [-0.15, -0.1) is 0 Å². The molecular weight excluding hydrogens is 158 g/mol. The average molecular weight is 181 g/mol. The van der Waals surface area contributed by atoms with E-state index in [1.54, 1.807) is 0 Å². The molecule has 3 atom stereocenters. The standard InChI is InChI=1S/C12H23N/c1-9(12-4-3-5-12)6-11-7-10(2)13-8-11/h9-13H,3-8H2,1-2H3. The van der Waals surface area contributed by atoms with Crippen LogP contribution in [0.25, 0.3) is 0 Å². The van der Waals surface area contributed by atoms with E-state index in [2.05, 4.69) is 19.2 Å². The summed E-state index contributed by atoms with van der Waals surface area (Å²) in [6.45, 7) is 6.05. The van der Waals surface area contributed by atoms with Crippen LogP contribution < -0.4 is 5.32 Å². The Kier molecular flexibility index (Phi) is 2.92. The van der Waals surface area contributed by atoms with E-state index in [0.717, 1.165) is 23.8 Å². The quantitative estimate of drug-likeness (QED) is 0.706. The molecule has 0 aromatic carbocycles. The van der Waals surface area contributed by atoms with E-state index in [4.69, 9.17) is 0 Å². The molecule has 1 aliphatic carbocycles. The van der Waals surface area contributed by atoms with Gasteiger partial charge >= 0.3 is 0 Å². The lowest BCUT2D eigenvalue weighted by Gasteiger charge is -2.32. The molecule has 1 aliphatic heterocycles. The molecule has 0 spiro atoms. The minimum atomic E-state index is 0.776. The van der Waals surface area contributed by atoms with Gasteiger partial charge in [0.05, 0.1) is 0 Å². The highest BCUT2D eigenvalue weighted by molar-refractivity contribution is 4.83. The van der Waals surface area contributed by atoms with Gasteiger partial charge in [-0.05, 0) is 44.1 Å². The van der Waals surface area contributed by atoms with Crippen molar-refractivity contribution in [3.05, 3.63) is 0 Å². The molecule has 1 saturated heterocycles. The first kappa shape index (κ1) is 9.51. The Bertz CT molecular complexity index is 163. The summed E-state index contributed by atoms with van der Waals surface area (Å²) in [6.07, 6.45) is 7.40. The monoisotopic (exact) mass is 181 g/mol. The molecule has 0 aromatic heterocycles. The van der Waals surface area contributed by atoms with Crippen LogP contribution in [0.15, 0.2) is 0 Å². The molecule has 2 fully saturated rings. The minimum absolute atomic E-state index is 0.776. The van der Waals surface area contributed by atoms with E-state index in [-0.39, 0.29) is 0 Å². The van der Waals surface area contributed by atoms with Gasteiger partial charge in [-0.25, -0.2) is 0 Å². The second kappa shape index (κ2) is 4.00. The lowest BCUT2D eigenvalue weighted by molar-refractivity contribution is 0.191. The van der Waals surface area contributed by atoms with Gasteiger partial charge in [0.15, 0.2) is 0 Å². The van der Waals surface area contributed by atoms with Crippen LogP contribution in [-0.4, -0.2) is 12.6 Å². The molecule has 2 aliphatic rings. The predicted molar refractivity (Wildman–Crippen MR) is 56.7 cm³/mol. The molecule has 1 heterocycles. The van der Waals surface area contributed by atoms with E-state index in [1.165, 1.54) is 38.6 Å². The molecule has 1 heteroatoms. The van der Waals surface area contributed by atoms with Gasteiger partial charge in [-0.2, -0.15) is 0 Å². The predicted octanol–water partition coefficient (Wildman–Crippen LogP) is 2.81. The van der Waals surface area contributed by atoms with Crippen molar-refractivity contribution >= 4 is 0 Å². The van der Waals surface area contributed by atoms with Crippen LogP contribution in [0, 0.1) is 17.8 Å². The van der Waals surface area contributed by atoms with Crippen LogP contribution in [-0.2, 0) is 0 Å². The number of hydrogen-bond donors (Lipinski definition) is 1. The molecule has 0 aromatic rings. The van der Waals surface area contributed by atoms with Crippen molar-refractivity contribution in [1.82, 2.24) is 5.32 Å². The van der Waals surface area contributed by atoms with Crippen LogP contribution in [0.1, 0.15) is 46.0 Å². The molecule has 0 bridgehead atoms. The number of nitrogens with one attached hydrogen (secondary N) is 1. The summed E-state index contributed by atoms with van der Waals surface area (Å²) >= 11 is 0. The Morgan fingerprint density at radius 1 is 1.38 bits per heavy atom. The highest BCUT2D eigenvalue weighted by Crippen LogP contribution is 2.37. The minimum Gasteiger partial charge on any atom is -0.314 e. The molecule has 1 N–H and O–H groups in total. The largest absolute Gasteiger partial charge is 0.314 e. The molecule has 13 heavy (non-hydrogen) atoms. The SMILES string of the molecule is CC1CC(CC(C)C2CCC2)CN1. The van der Waals surface area contributed by atoms with Crippen LogP contribution in [0.4, 0.5) is 0 Å². The van der Waals surface area contributed by atoms with Crippen LogP contribution in [0.3, 0.4) is 0 Å². The summed E-state index contributed by atoms with van der Waals surface area (Å²) in [5.74, 6) is 3.05. The summed E-state index contributed by atoms with van der Waals surface area (Å²) in [6, 6.07) is 0.776. The first-order valence-electron chi connectivity index (χ1n) is 5.99. The van der Waals surface area contributed by atoms with Gasteiger partial charge in [-0.3, -0.25) is 0 Å². The van der Waals surface area contributed by atoms with Gasteiger partial charge in [0.1, 0.15) is 0 Å². The molecular formula is C12H23N. The zero-order valence-corrected chi connectivity index (χ0v) is 9.05. The fraction of sp³-hybridized carbons (Fsp3) is 1.00. The molecule has 76 valence electrons. The molecule has 3 unspecified atom stereocenters.